The normalized spacial score (nSPS) is 10.6. The number of amides is 1. The number of nitriles is 1. The van der Waals surface area contributed by atoms with Crippen LogP contribution < -0.4 is 10.1 Å². The third-order valence-electron chi connectivity index (χ3n) is 4.91. The van der Waals surface area contributed by atoms with Crippen molar-refractivity contribution < 1.29 is 19.0 Å². The lowest BCUT2D eigenvalue weighted by Gasteiger charge is -2.14. The number of benzene rings is 2. The van der Waals surface area contributed by atoms with E-state index in [2.05, 4.69) is 15.3 Å². The number of aliphatic hydroxyl groups excluding tert-OH is 1. The maximum absolute atomic E-state index is 14.2. The molecule has 0 aliphatic carbocycles. The van der Waals surface area contributed by atoms with Gasteiger partial charge in [0.25, 0.3) is 5.91 Å². The number of nitrogens with one attached hydrogen (secondary N) is 1. The Labute approximate surface area is 189 Å². The smallest absolute Gasteiger partial charge is 0.256 e. The number of aromatic nitrogens is 2. The summed E-state index contributed by atoms with van der Waals surface area (Å²) in [5, 5.41) is 21.6. The molecule has 0 fully saturated rings. The molecule has 7 nitrogen and oxygen atoms in total. The van der Waals surface area contributed by atoms with Crippen molar-refractivity contribution in [2.24, 2.45) is 0 Å². The molecule has 8 heteroatoms. The van der Waals surface area contributed by atoms with Crippen LogP contribution in [0.5, 0.6) is 5.75 Å². The highest BCUT2D eigenvalue weighted by Gasteiger charge is 2.15. The number of rotatable bonds is 7. The maximum Gasteiger partial charge on any atom is 0.256 e. The number of fused-ring (bicyclic) bond motifs is 1. The number of hydrogen-bond donors (Lipinski definition) is 2. The minimum absolute atomic E-state index is 0.0529. The largest absolute Gasteiger partial charge is 0.493 e. The van der Waals surface area contributed by atoms with Crippen molar-refractivity contribution in [1.29, 1.82) is 5.26 Å². The summed E-state index contributed by atoms with van der Waals surface area (Å²) in [6.07, 6.45) is 2.02. The molecule has 0 atom stereocenters. The van der Waals surface area contributed by atoms with Crippen LogP contribution in [0.25, 0.3) is 22.2 Å². The van der Waals surface area contributed by atoms with Gasteiger partial charge in [0, 0.05) is 35.7 Å². The van der Waals surface area contributed by atoms with Crippen molar-refractivity contribution in [3.05, 3.63) is 83.8 Å². The summed E-state index contributed by atoms with van der Waals surface area (Å²) in [5.74, 6) is -0.336. The molecule has 0 saturated heterocycles. The van der Waals surface area contributed by atoms with Gasteiger partial charge < -0.3 is 15.2 Å². The third-order valence-corrected chi connectivity index (χ3v) is 4.91. The quantitative estimate of drug-likeness (QED) is 0.413. The van der Waals surface area contributed by atoms with Crippen LogP contribution in [0.4, 0.5) is 10.2 Å². The van der Waals surface area contributed by atoms with Crippen molar-refractivity contribution in [2.45, 2.75) is 6.42 Å². The third kappa shape index (κ3) is 4.95. The molecule has 0 aliphatic rings. The number of aliphatic hydroxyl groups is 1. The van der Waals surface area contributed by atoms with Crippen LogP contribution in [0.2, 0.25) is 0 Å². The highest BCUT2D eigenvalue weighted by Crippen LogP contribution is 2.32. The monoisotopic (exact) mass is 442 g/mol. The Morgan fingerprint density at radius 3 is 2.82 bits per heavy atom. The molecule has 0 aliphatic heterocycles. The Morgan fingerprint density at radius 1 is 1.15 bits per heavy atom. The van der Waals surface area contributed by atoms with Crippen molar-refractivity contribution >= 4 is 22.8 Å². The molecule has 1 amide bonds. The first-order valence-corrected chi connectivity index (χ1v) is 10.2. The van der Waals surface area contributed by atoms with Crippen LogP contribution in [0.15, 0.2) is 66.9 Å². The van der Waals surface area contributed by atoms with Crippen molar-refractivity contribution in [3.63, 3.8) is 0 Å². The molecule has 33 heavy (non-hydrogen) atoms. The molecule has 4 rings (SSSR count). The Balaban J connectivity index is 1.63. The van der Waals surface area contributed by atoms with Gasteiger partial charge in [-0.25, -0.2) is 14.4 Å². The zero-order valence-corrected chi connectivity index (χ0v) is 17.5. The Hall–Kier alpha value is -4.35. The second-order valence-corrected chi connectivity index (χ2v) is 7.14. The molecule has 164 valence electrons. The highest BCUT2D eigenvalue weighted by molar-refractivity contribution is 6.04. The second-order valence-electron chi connectivity index (χ2n) is 7.14. The van der Waals surface area contributed by atoms with Gasteiger partial charge in [0.1, 0.15) is 23.5 Å². The van der Waals surface area contributed by atoms with Gasteiger partial charge in [-0.2, -0.15) is 5.26 Å². The van der Waals surface area contributed by atoms with E-state index in [9.17, 15) is 9.18 Å². The average Bonchev–Trinajstić information content (AvgIpc) is 2.84. The first kappa shape index (κ1) is 21.9. The van der Waals surface area contributed by atoms with Crippen LogP contribution >= 0.6 is 0 Å². The van der Waals surface area contributed by atoms with E-state index < -0.39 is 11.7 Å². The van der Waals surface area contributed by atoms with Gasteiger partial charge in [0.2, 0.25) is 0 Å². The molecule has 0 bridgehead atoms. The minimum Gasteiger partial charge on any atom is -0.493 e. The molecule has 2 aromatic carbocycles. The summed E-state index contributed by atoms with van der Waals surface area (Å²) >= 11 is 0. The van der Waals surface area contributed by atoms with Gasteiger partial charge in [0.15, 0.2) is 5.65 Å². The van der Waals surface area contributed by atoms with Crippen molar-refractivity contribution in [1.82, 2.24) is 9.97 Å². The molecular formula is C25H19FN4O3. The number of carbonyl (C=O) groups excluding carboxylic acids is 1. The van der Waals surface area contributed by atoms with E-state index in [1.54, 1.807) is 42.6 Å². The van der Waals surface area contributed by atoms with Crippen molar-refractivity contribution in [3.8, 4) is 22.9 Å². The lowest BCUT2D eigenvalue weighted by Crippen LogP contribution is -2.13. The fourth-order valence-corrected chi connectivity index (χ4v) is 3.25. The molecule has 4 aromatic rings. The Morgan fingerprint density at radius 2 is 2.03 bits per heavy atom. The van der Waals surface area contributed by atoms with Crippen LogP contribution in [-0.4, -0.2) is 34.2 Å². The topological polar surface area (TPSA) is 108 Å². The summed E-state index contributed by atoms with van der Waals surface area (Å²) in [7, 11) is 0. The van der Waals surface area contributed by atoms with Gasteiger partial charge in [-0.3, -0.25) is 4.79 Å². The van der Waals surface area contributed by atoms with Gasteiger partial charge in [-0.05, 0) is 60.2 Å². The fraction of sp³-hybridized carbons (Fsp3) is 0.120. The van der Waals surface area contributed by atoms with Crippen LogP contribution in [0.3, 0.4) is 0 Å². The predicted molar refractivity (Wildman–Crippen MR) is 121 cm³/mol. The second kappa shape index (κ2) is 9.85. The van der Waals surface area contributed by atoms with Crippen LogP contribution in [-0.2, 0) is 0 Å². The first-order valence-electron chi connectivity index (χ1n) is 10.2. The van der Waals surface area contributed by atoms with E-state index in [0.29, 0.717) is 40.3 Å². The molecule has 2 heterocycles. The minimum atomic E-state index is -0.644. The van der Waals surface area contributed by atoms with Crippen molar-refractivity contribution in [2.75, 3.05) is 18.5 Å². The number of hydrogen-bond acceptors (Lipinski definition) is 6. The van der Waals surface area contributed by atoms with E-state index in [1.165, 1.54) is 12.1 Å². The number of ether oxygens (including phenoxy) is 1. The summed E-state index contributed by atoms with van der Waals surface area (Å²) in [6.45, 7) is 0.161. The summed E-state index contributed by atoms with van der Waals surface area (Å²) in [4.78, 5) is 21.4. The van der Waals surface area contributed by atoms with E-state index in [4.69, 9.17) is 15.1 Å². The number of carbonyl (C=O) groups is 1. The SMILES string of the molecule is N#Cc1ccc(-c2ccc(C(=O)Nc3ccc4cccnc4n3)cc2OCCCO)cc1F. The lowest BCUT2D eigenvalue weighted by atomic mass is 10.0. The zero-order valence-electron chi connectivity index (χ0n) is 17.5. The average molecular weight is 442 g/mol. The van der Waals surface area contributed by atoms with Crippen LogP contribution in [0, 0.1) is 17.1 Å². The molecule has 0 unspecified atom stereocenters. The number of nitrogens with zero attached hydrogens (tertiary/aromatic N) is 3. The van der Waals surface area contributed by atoms with Gasteiger partial charge in [0.05, 0.1) is 12.2 Å². The molecule has 0 saturated carbocycles. The Kier molecular flexibility index (Phi) is 6.53. The molecule has 0 spiro atoms. The fourth-order valence-electron chi connectivity index (χ4n) is 3.25. The molecule has 2 N–H and O–H groups in total. The lowest BCUT2D eigenvalue weighted by molar-refractivity contribution is 0.102. The van der Waals surface area contributed by atoms with E-state index in [1.807, 2.05) is 18.2 Å². The predicted octanol–water partition coefficient (Wildman–Crippen LogP) is 4.32. The zero-order chi connectivity index (χ0) is 23.2. The summed E-state index contributed by atoms with van der Waals surface area (Å²) < 4.78 is 19.9. The molecule has 2 aromatic heterocycles. The number of pyridine rings is 2. The maximum atomic E-state index is 14.2. The van der Waals surface area contributed by atoms with E-state index in [-0.39, 0.29) is 18.8 Å². The summed E-state index contributed by atoms with van der Waals surface area (Å²) in [5.41, 5.74) is 1.83. The van der Waals surface area contributed by atoms with Gasteiger partial charge in [-0.1, -0.05) is 6.07 Å². The highest BCUT2D eigenvalue weighted by atomic mass is 19.1. The molecular weight excluding hydrogens is 423 g/mol. The standard InChI is InChI=1S/C25H19FN4O3/c26-21-13-17(4-5-19(21)15-27)20-8-6-18(14-22(20)33-12-2-11-31)25(32)30-23-9-7-16-3-1-10-28-24(16)29-23/h1,3-10,13-14,31H,2,11-12H2,(H,28,29,30,32). The molecule has 0 radical (unpaired) electrons. The van der Waals surface area contributed by atoms with E-state index in [0.717, 1.165) is 5.39 Å². The summed E-state index contributed by atoms with van der Waals surface area (Å²) in [6, 6.07) is 18.0. The van der Waals surface area contributed by atoms with Gasteiger partial charge >= 0.3 is 0 Å². The van der Waals surface area contributed by atoms with Crippen LogP contribution in [0.1, 0.15) is 22.3 Å². The first-order chi connectivity index (χ1) is 16.1. The van der Waals surface area contributed by atoms with Gasteiger partial charge in [-0.15, -0.1) is 0 Å². The Bertz CT molecular complexity index is 1370. The number of halogens is 1. The number of anilines is 1. The van der Waals surface area contributed by atoms with E-state index >= 15 is 0 Å².